The van der Waals surface area contributed by atoms with Crippen LogP contribution >= 0.6 is 0 Å². The Kier molecular flexibility index (Phi) is 8.34. The van der Waals surface area contributed by atoms with Gasteiger partial charge in [-0.2, -0.15) is 0 Å². The van der Waals surface area contributed by atoms with Crippen LogP contribution in [0.1, 0.15) is 54.6 Å². The van der Waals surface area contributed by atoms with E-state index in [0.29, 0.717) is 29.7 Å². The van der Waals surface area contributed by atoms with E-state index in [1.54, 1.807) is 25.2 Å². The molecule has 0 fully saturated rings. The number of hydrogen-bond donors (Lipinski definition) is 3. The summed E-state index contributed by atoms with van der Waals surface area (Å²) in [6.45, 7) is 3.75. The summed E-state index contributed by atoms with van der Waals surface area (Å²) in [5.41, 5.74) is 2.82. The highest BCUT2D eigenvalue weighted by Crippen LogP contribution is 2.25. The van der Waals surface area contributed by atoms with E-state index in [1.165, 1.54) is 4.90 Å². The third kappa shape index (κ3) is 6.40. The van der Waals surface area contributed by atoms with E-state index in [9.17, 15) is 14.7 Å². The number of benzene rings is 2. The molecule has 0 saturated carbocycles. The number of para-hydroxylation sites is 1. The zero-order valence-corrected chi connectivity index (χ0v) is 19.7. The van der Waals surface area contributed by atoms with Crippen LogP contribution in [0.25, 0.3) is 10.9 Å². The molecule has 0 aliphatic rings. The second-order valence-electron chi connectivity index (χ2n) is 8.39. The van der Waals surface area contributed by atoms with Crippen molar-refractivity contribution in [2.75, 3.05) is 7.05 Å². The Bertz CT molecular complexity index is 1220. The van der Waals surface area contributed by atoms with Gasteiger partial charge in [-0.3, -0.25) is 9.59 Å². The number of aliphatic carboxylic acids is 1. The molecule has 1 amide bonds. The number of ether oxygens (including phenoxy) is 1. The summed E-state index contributed by atoms with van der Waals surface area (Å²) < 4.78 is 5.84. The van der Waals surface area contributed by atoms with Crippen molar-refractivity contribution < 1.29 is 24.5 Å². The van der Waals surface area contributed by atoms with E-state index in [4.69, 9.17) is 9.84 Å². The van der Waals surface area contributed by atoms with Gasteiger partial charge < -0.3 is 24.8 Å². The number of hydrogen-bond acceptors (Lipinski definition) is 4. The van der Waals surface area contributed by atoms with Gasteiger partial charge in [0.05, 0.1) is 11.7 Å². The first-order chi connectivity index (χ1) is 16.3. The van der Waals surface area contributed by atoms with Crippen molar-refractivity contribution in [1.82, 2.24) is 9.88 Å². The van der Waals surface area contributed by atoms with Crippen molar-refractivity contribution in [3.63, 3.8) is 0 Å². The highest BCUT2D eigenvalue weighted by atomic mass is 16.5. The van der Waals surface area contributed by atoms with Crippen LogP contribution in [-0.4, -0.2) is 51.4 Å². The Balaban J connectivity index is 1.79. The van der Waals surface area contributed by atoms with Gasteiger partial charge in [-0.1, -0.05) is 30.0 Å². The fourth-order valence-corrected chi connectivity index (χ4v) is 3.58. The highest BCUT2D eigenvalue weighted by molar-refractivity contribution is 5.97. The minimum atomic E-state index is -1.04. The van der Waals surface area contributed by atoms with Gasteiger partial charge in [0.15, 0.2) is 0 Å². The minimum absolute atomic E-state index is 0.0681. The maximum absolute atomic E-state index is 13.3. The summed E-state index contributed by atoms with van der Waals surface area (Å²) >= 11 is 0. The first kappa shape index (κ1) is 24.9. The average Bonchev–Trinajstić information content (AvgIpc) is 3.21. The van der Waals surface area contributed by atoms with Gasteiger partial charge in [0.2, 0.25) is 0 Å². The number of aromatic amines is 1. The summed E-state index contributed by atoms with van der Waals surface area (Å²) in [5.74, 6) is 5.13. The lowest BCUT2D eigenvalue weighted by Gasteiger charge is -2.25. The predicted molar refractivity (Wildman–Crippen MR) is 131 cm³/mol. The number of carbonyl (C=O) groups is 2. The number of carboxylic acid groups (broad SMARTS) is 1. The van der Waals surface area contributed by atoms with Gasteiger partial charge >= 0.3 is 5.97 Å². The molecule has 2 aromatic carbocycles. The third-order valence-corrected chi connectivity index (χ3v) is 5.34. The van der Waals surface area contributed by atoms with Crippen molar-refractivity contribution in [3.8, 4) is 17.6 Å². The largest absolute Gasteiger partial charge is 0.490 e. The predicted octanol–water partition coefficient (Wildman–Crippen LogP) is 4.19. The number of amides is 1. The van der Waals surface area contributed by atoms with Crippen LogP contribution in [0.5, 0.6) is 5.75 Å². The summed E-state index contributed by atoms with van der Waals surface area (Å²) in [6.07, 6.45) is 1.92. The quantitative estimate of drug-likeness (QED) is 0.251. The monoisotopic (exact) mass is 462 g/mol. The van der Waals surface area contributed by atoms with Crippen molar-refractivity contribution in [3.05, 3.63) is 65.4 Å². The molecule has 3 aromatic rings. The number of carboxylic acids is 1. The highest BCUT2D eigenvalue weighted by Gasteiger charge is 2.24. The van der Waals surface area contributed by atoms with Gasteiger partial charge in [-0.25, -0.2) is 0 Å². The molecule has 1 heterocycles. The molecule has 178 valence electrons. The van der Waals surface area contributed by atoms with Crippen LogP contribution < -0.4 is 4.74 Å². The number of nitrogens with one attached hydrogen (secondary N) is 1. The Labute approximate surface area is 199 Å². The smallest absolute Gasteiger partial charge is 0.303 e. The van der Waals surface area contributed by atoms with Gasteiger partial charge in [-0.05, 0) is 50.1 Å². The SMILES string of the molecule is CC(C)Oc1ccc(C#CCCCC(=O)O)cc1C(=O)N(C)[C@H](O)Cc1c[nH]c2ccccc12. The number of unbranched alkanes of at least 4 members (excludes halogenated alkanes) is 1. The van der Waals surface area contributed by atoms with Gasteiger partial charge in [0, 0.05) is 49.0 Å². The number of aliphatic hydroxyl groups is 1. The molecule has 34 heavy (non-hydrogen) atoms. The van der Waals surface area contributed by atoms with Crippen molar-refractivity contribution in [2.24, 2.45) is 0 Å². The second kappa shape index (κ2) is 11.4. The second-order valence-corrected chi connectivity index (χ2v) is 8.39. The number of carbonyl (C=O) groups excluding carboxylic acids is 1. The molecule has 7 nitrogen and oxygen atoms in total. The Morgan fingerprint density at radius 3 is 2.68 bits per heavy atom. The third-order valence-electron chi connectivity index (χ3n) is 5.34. The lowest BCUT2D eigenvalue weighted by Crippen LogP contribution is -2.38. The zero-order valence-electron chi connectivity index (χ0n) is 19.7. The topological polar surface area (TPSA) is 103 Å². The molecule has 0 aliphatic heterocycles. The molecule has 1 aromatic heterocycles. The van der Waals surface area contributed by atoms with E-state index < -0.39 is 12.2 Å². The molecule has 0 unspecified atom stereocenters. The summed E-state index contributed by atoms with van der Waals surface area (Å²) in [5, 5.41) is 20.6. The van der Waals surface area contributed by atoms with Crippen molar-refractivity contribution in [2.45, 2.75) is 51.9 Å². The zero-order chi connectivity index (χ0) is 24.7. The minimum Gasteiger partial charge on any atom is -0.490 e. The molecule has 3 rings (SSSR count). The van der Waals surface area contributed by atoms with E-state index in [2.05, 4.69) is 16.8 Å². The maximum Gasteiger partial charge on any atom is 0.303 e. The van der Waals surface area contributed by atoms with Crippen LogP contribution in [0.15, 0.2) is 48.7 Å². The van der Waals surface area contributed by atoms with Crippen LogP contribution in [0, 0.1) is 11.8 Å². The van der Waals surface area contributed by atoms with Gasteiger partial charge in [0.1, 0.15) is 12.0 Å². The van der Waals surface area contributed by atoms with Crippen molar-refractivity contribution in [1.29, 1.82) is 0 Å². The number of rotatable bonds is 9. The lowest BCUT2D eigenvalue weighted by molar-refractivity contribution is -0.137. The molecular formula is C27H30N2O5. The van der Waals surface area contributed by atoms with Crippen molar-refractivity contribution >= 4 is 22.8 Å². The molecule has 3 N–H and O–H groups in total. The number of H-pyrrole nitrogens is 1. The molecule has 0 spiro atoms. The standard InChI is InChI=1S/C27H30N2O5/c1-18(2)34-24-14-13-19(9-5-4-6-12-26(31)32)15-22(24)27(33)29(3)25(30)16-20-17-28-23-11-8-7-10-21(20)23/h7-8,10-11,13-15,17-18,25,28,30H,4,6,12,16H2,1-3H3,(H,31,32)/t25-/m1/s1. The molecule has 0 bridgehead atoms. The first-order valence-electron chi connectivity index (χ1n) is 11.3. The van der Waals surface area contributed by atoms with Gasteiger partial charge in [0.25, 0.3) is 5.91 Å². The molecule has 0 saturated heterocycles. The lowest BCUT2D eigenvalue weighted by atomic mass is 10.1. The number of nitrogens with zero attached hydrogens (tertiary/aromatic N) is 1. The number of aromatic nitrogens is 1. The van der Waals surface area contributed by atoms with Crippen LogP contribution in [0.3, 0.4) is 0 Å². The Morgan fingerprint density at radius 2 is 1.94 bits per heavy atom. The van der Waals surface area contributed by atoms with E-state index in [-0.39, 0.29) is 24.9 Å². The van der Waals surface area contributed by atoms with Crippen LogP contribution in [-0.2, 0) is 11.2 Å². The summed E-state index contributed by atoms with van der Waals surface area (Å²) in [4.78, 5) is 28.5. The molecule has 0 aliphatic carbocycles. The maximum atomic E-state index is 13.3. The number of likely N-dealkylation sites (N-methyl/N-ethyl adjacent to an activating group) is 1. The molecular weight excluding hydrogens is 432 g/mol. The molecule has 7 heteroatoms. The average molecular weight is 463 g/mol. The summed E-state index contributed by atoms with van der Waals surface area (Å²) in [7, 11) is 1.56. The fraction of sp³-hybridized carbons (Fsp3) is 0.333. The Morgan fingerprint density at radius 1 is 1.18 bits per heavy atom. The van der Waals surface area contributed by atoms with E-state index in [0.717, 1.165) is 16.5 Å². The molecule has 1 atom stereocenters. The fourth-order valence-electron chi connectivity index (χ4n) is 3.58. The first-order valence-corrected chi connectivity index (χ1v) is 11.3. The Hall–Kier alpha value is -3.76. The van der Waals surface area contributed by atoms with E-state index in [1.807, 2.05) is 44.3 Å². The summed E-state index contributed by atoms with van der Waals surface area (Å²) in [6, 6.07) is 12.9. The number of fused-ring (bicyclic) bond motifs is 1. The number of aliphatic hydroxyl groups excluding tert-OH is 1. The van der Waals surface area contributed by atoms with E-state index >= 15 is 0 Å². The van der Waals surface area contributed by atoms with Crippen LogP contribution in [0.4, 0.5) is 0 Å². The van der Waals surface area contributed by atoms with Crippen LogP contribution in [0.2, 0.25) is 0 Å². The normalized spacial score (nSPS) is 11.7. The molecule has 0 radical (unpaired) electrons. The van der Waals surface area contributed by atoms with Gasteiger partial charge in [-0.15, -0.1) is 0 Å².